The summed E-state index contributed by atoms with van der Waals surface area (Å²) in [7, 11) is 3.32. The molecule has 2 aromatic rings. The van der Waals surface area contributed by atoms with Gasteiger partial charge in [-0.25, -0.2) is 0 Å². The molecular weight excluding hydrogens is 300 g/mol. The second kappa shape index (κ2) is 5.56. The number of thiophene rings is 1. The van der Waals surface area contributed by atoms with Gasteiger partial charge in [0, 0.05) is 11.6 Å². The Morgan fingerprint density at radius 3 is 2.59 bits per heavy atom. The topological polar surface area (TPSA) is 18.5 Å². The van der Waals surface area contributed by atoms with Gasteiger partial charge in [-0.05, 0) is 28.5 Å². The van der Waals surface area contributed by atoms with Crippen LogP contribution in [0.3, 0.4) is 0 Å². The van der Waals surface area contributed by atoms with Crippen molar-refractivity contribution in [1.82, 2.24) is 0 Å². The fourth-order valence-corrected chi connectivity index (χ4v) is 3.15. The second-order valence-corrected chi connectivity index (χ2v) is 5.22. The Morgan fingerprint density at radius 2 is 2.00 bits per heavy atom. The summed E-state index contributed by atoms with van der Waals surface area (Å²) in [4.78, 5) is 0.148. The zero-order valence-corrected chi connectivity index (χ0v) is 12.0. The molecule has 1 unspecified atom stereocenters. The van der Waals surface area contributed by atoms with Gasteiger partial charge < -0.3 is 9.47 Å². The number of rotatable bonds is 4. The average molecular weight is 313 g/mol. The monoisotopic (exact) mass is 312 g/mol. The van der Waals surface area contributed by atoms with E-state index in [-0.39, 0.29) is 4.83 Å². The van der Waals surface area contributed by atoms with Crippen molar-refractivity contribution in [3.8, 4) is 11.5 Å². The molecule has 0 amide bonds. The van der Waals surface area contributed by atoms with Gasteiger partial charge in [-0.1, -0.05) is 22.0 Å². The maximum atomic E-state index is 5.40. The van der Waals surface area contributed by atoms with Gasteiger partial charge in [0.1, 0.15) is 11.5 Å². The Kier molecular flexibility index (Phi) is 4.07. The quantitative estimate of drug-likeness (QED) is 0.786. The molecule has 0 spiro atoms. The van der Waals surface area contributed by atoms with Crippen molar-refractivity contribution in [2.75, 3.05) is 14.2 Å². The number of hydrogen-bond acceptors (Lipinski definition) is 3. The molecule has 1 atom stereocenters. The first-order valence-corrected chi connectivity index (χ1v) is 7.00. The summed E-state index contributed by atoms with van der Waals surface area (Å²) in [6.07, 6.45) is 0. The predicted molar refractivity (Wildman–Crippen MR) is 74.6 cm³/mol. The van der Waals surface area contributed by atoms with E-state index in [4.69, 9.17) is 9.47 Å². The second-order valence-electron chi connectivity index (χ2n) is 3.53. The number of methoxy groups -OCH3 is 2. The summed E-state index contributed by atoms with van der Waals surface area (Å²) < 4.78 is 10.6. The van der Waals surface area contributed by atoms with Crippen LogP contribution in [0.25, 0.3) is 0 Å². The molecule has 0 aliphatic carbocycles. The minimum absolute atomic E-state index is 0.148. The van der Waals surface area contributed by atoms with Crippen molar-refractivity contribution in [2.45, 2.75) is 4.83 Å². The van der Waals surface area contributed by atoms with Gasteiger partial charge in [-0.3, -0.25) is 0 Å². The Balaban J connectivity index is 2.38. The zero-order valence-electron chi connectivity index (χ0n) is 9.64. The summed E-state index contributed by atoms with van der Waals surface area (Å²) in [5, 5.41) is 4.20. The maximum absolute atomic E-state index is 5.40. The van der Waals surface area contributed by atoms with Crippen LogP contribution in [0.4, 0.5) is 0 Å². The van der Waals surface area contributed by atoms with Crippen molar-refractivity contribution < 1.29 is 9.47 Å². The van der Waals surface area contributed by atoms with E-state index in [1.165, 1.54) is 5.56 Å². The molecule has 0 bridgehead atoms. The van der Waals surface area contributed by atoms with Gasteiger partial charge in [-0.15, -0.1) is 0 Å². The molecule has 17 heavy (non-hydrogen) atoms. The third-order valence-corrected chi connectivity index (χ3v) is 4.27. The first-order chi connectivity index (χ1) is 8.26. The highest BCUT2D eigenvalue weighted by molar-refractivity contribution is 9.09. The minimum atomic E-state index is 0.148. The number of benzene rings is 1. The standard InChI is InChI=1S/C13H13BrO2S/c1-15-10-3-4-11(12(7-10)16-2)13(14)9-5-6-17-8-9/h3-8,13H,1-2H3. The number of alkyl halides is 1. The van der Waals surface area contributed by atoms with E-state index < -0.39 is 0 Å². The molecule has 0 fully saturated rings. The number of hydrogen-bond donors (Lipinski definition) is 0. The van der Waals surface area contributed by atoms with Crippen molar-refractivity contribution >= 4 is 27.3 Å². The summed E-state index contributed by atoms with van der Waals surface area (Å²) in [5.74, 6) is 1.63. The Hall–Kier alpha value is -1.00. The van der Waals surface area contributed by atoms with Crippen LogP contribution in [-0.4, -0.2) is 14.2 Å². The molecule has 2 rings (SSSR count). The highest BCUT2D eigenvalue weighted by Crippen LogP contribution is 2.38. The fourth-order valence-electron chi connectivity index (χ4n) is 1.63. The van der Waals surface area contributed by atoms with Crippen molar-refractivity contribution in [2.24, 2.45) is 0 Å². The molecule has 0 aliphatic rings. The van der Waals surface area contributed by atoms with Crippen LogP contribution < -0.4 is 9.47 Å². The molecule has 1 aromatic carbocycles. The van der Waals surface area contributed by atoms with Crippen LogP contribution in [-0.2, 0) is 0 Å². The maximum Gasteiger partial charge on any atom is 0.127 e. The van der Waals surface area contributed by atoms with Gasteiger partial charge in [0.15, 0.2) is 0 Å². The summed E-state index contributed by atoms with van der Waals surface area (Å²) >= 11 is 5.39. The highest BCUT2D eigenvalue weighted by atomic mass is 79.9. The molecule has 0 radical (unpaired) electrons. The summed E-state index contributed by atoms with van der Waals surface area (Å²) in [5.41, 5.74) is 2.34. The fraction of sp³-hybridized carbons (Fsp3) is 0.231. The SMILES string of the molecule is COc1ccc(C(Br)c2ccsc2)c(OC)c1. The van der Waals surface area contributed by atoms with E-state index >= 15 is 0 Å². The van der Waals surface area contributed by atoms with Crippen LogP contribution in [0.15, 0.2) is 35.0 Å². The largest absolute Gasteiger partial charge is 0.497 e. The molecular formula is C13H13BrO2S. The zero-order chi connectivity index (χ0) is 12.3. The van der Waals surface area contributed by atoms with Gasteiger partial charge in [0.05, 0.1) is 19.0 Å². The van der Waals surface area contributed by atoms with E-state index in [0.717, 1.165) is 17.1 Å². The van der Waals surface area contributed by atoms with Crippen molar-refractivity contribution in [3.63, 3.8) is 0 Å². The van der Waals surface area contributed by atoms with Gasteiger partial charge in [0.2, 0.25) is 0 Å². The Morgan fingerprint density at radius 1 is 1.18 bits per heavy atom. The smallest absolute Gasteiger partial charge is 0.127 e. The molecule has 2 nitrogen and oxygen atoms in total. The molecule has 0 saturated carbocycles. The first-order valence-electron chi connectivity index (χ1n) is 5.14. The van der Waals surface area contributed by atoms with Crippen LogP contribution in [0.5, 0.6) is 11.5 Å². The molecule has 4 heteroatoms. The molecule has 1 aromatic heterocycles. The Labute approximate surface area is 113 Å². The summed E-state index contributed by atoms with van der Waals surface area (Å²) in [6, 6.07) is 7.97. The van der Waals surface area contributed by atoms with Gasteiger partial charge >= 0.3 is 0 Å². The molecule has 0 saturated heterocycles. The number of halogens is 1. The van der Waals surface area contributed by atoms with Crippen LogP contribution in [0.1, 0.15) is 16.0 Å². The normalized spacial score (nSPS) is 12.2. The molecule has 0 aliphatic heterocycles. The third kappa shape index (κ3) is 2.64. The van der Waals surface area contributed by atoms with Gasteiger partial charge in [-0.2, -0.15) is 11.3 Å². The lowest BCUT2D eigenvalue weighted by molar-refractivity contribution is 0.391. The van der Waals surface area contributed by atoms with E-state index in [1.807, 2.05) is 18.2 Å². The van der Waals surface area contributed by atoms with E-state index in [9.17, 15) is 0 Å². The number of ether oxygens (including phenoxy) is 2. The molecule has 0 N–H and O–H groups in total. The van der Waals surface area contributed by atoms with Crippen molar-refractivity contribution in [1.29, 1.82) is 0 Å². The first kappa shape index (κ1) is 12.5. The lowest BCUT2D eigenvalue weighted by Gasteiger charge is -2.14. The third-order valence-electron chi connectivity index (χ3n) is 2.55. The van der Waals surface area contributed by atoms with Gasteiger partial charge in [0.25, 0.3) is 0 Å². The van der Waals surface area contributed by atoms with E-state index in [2.05, 4.69) is 32.8 Å². The lowest BCUT2D eigenvalue weighted by atomic mass is 10.1. The van der Waals surface area contributed by atoms with Crippen LogP contribution in [0, 0.1) is 0 Å². The Bertz CT molecular complexity index is 482. The van der Waals surface area contributed by atoms with Crippen molar-refractivity contribution in [3.05, 3.63) is 46.2 Å². The minimum Gasteiger partial charge on any atom is -0.497 e. The van der Waals surface area contributed by atoms with E-state index in [0.29, 0.717) is 0 Å². The molecule has 90 valence electrons. The van der Waals surface area contributed by atoms with Crippen LogP contribution >= 0.6 is 27.3 Å². The lowest BCUT2D eigenvalue weighted by Crippen LogP contribution is -1.96. The van der Waals surface area contributed by atoms with E-state index in [1.54, 1.807) is 25.6 Å². The summed E-state index contributed by atoms with van der Waals surface area (Å²) in [6.45, 7) is 0. The predicted octanol–water partition coefficient (Wildman–Crippen LogP) is 4.25. The van der Waals surface area contributed by atoms with Crippen LogP contribution in [0.2, 0.25) is 0 Å². The average Bonchev–Trinajstić information content (AvgIpc) is 2.91. The molecule has 1 heterocycles. The highest BCUT2D eigenvalue weighted by Gasteiger charge is 2.16.